The van der Waals surface area contributed by atoms with Crippen LogP contribution in [0.3, 0.4) is 0 Å². The molecule has 0 bridgehead atoms. The second kappa shape index (κ2) is 6.14. The summed E-state index contributed by atoms with van der Waals surface area (Å²) in [5, 5.41) is 9.99. The predicted molar refractivity (Wildman–Crippen MR) is 24.0 cm³/mol. The zero-order chi connectivity index (χ0) is 4.99. The van der Waals surface area contributed by atoms with Gasteiger partial charge in [-0.05, 0) is 6.42 Å². The van der Waals surface area contributed by atoms with Crippen molar-refractivity contribution >= 4 is 0 Å². The molecule has 1 nitrogen and oxygen atoms in total. The van der Waals surface area contributed by atoms with Gasteiger partial charge in [-0.1, -0.05) is 19.9 Å². The van der Waals surface area contributed by atoms with E-state index in [2.05, 4.69) is 0 Å². The maximum atomic E-state index is 9.99. The molecular formula is C5H9LiO. The van der Waals surface area contributed by atoms with Crippen molar-refractivity contribution in [3.05, 3.63) is 11.8 Å². The van der Waals surface area contributed by atoms with E-state index in [9.17, 15) is 5.11 Å². The van der Waals surface area contributed by atoms with Crippen LogP contribution in [-0.4, -0.2) is 0 Å². The first-order valence-electron chi connectivity index (χ1n) is 2.11. The Morgan fingerprint density at radius 2 is 2.14 bits per heavy atom. The molecule has 0 unspecified atom stereocenters. The maximum absolute atomic E-state index is 9.99. The topological polar surface area (TPSA) is 23.1 Å². The van der Waals surface area contributed by atoms with Gasteiger partial charge >= 0.3 is 18.9 Å². The molecule has 0 amide bonds. The molecule has 0 aromatic heterocycles. The molecule has 2 heteroatoms. The third kappa shape index (κ3) is 10.7. The summed E-state index contributed by atoms with van der Waals surface area (Å²) in [6.07, 6.45) is 2.51. The molecule has 0 spiro atoms. The van der Waals surface area contributed by atoms with Crippen molar-refractivity contribution in [2.45, 2.75) is 20.3 Å². The molecule has 0 aromatic rings. The van der Waals surface area contributed by atoms with Crippen LogP contribution in [0.25, 0.3) is 0 Å². The average Bonchev–Trinajstić information content (AvgIpc) is 1.35. The first-order chi connectivity index (χ1) is 2.77. The van der Waals surface area contributed by atoms with Crippen LogP contribution in [0, 0.1) is 0 Å². The van der Waals surface area contributed by atoms with Crippen molar-refractivity contribution in [1.82, 2.24) is 0 Å². The molecule has 7 heavy (non-hydrogen) atoms. The van der Waals surface area contributed by atoms with Crippen LogP contribution in [0.5, 0.6) is 0 Å². The van der Waals surface area contributed by atoms with Crippen molar-refractivity contribution in [2.75, 3.05) is 0 Å². The fourth-order valence-electron chi connectivity index (χ4n) is 0.287. The summed E-state index contributed by atoms with van der Waals surface area (Å²) in [5.41, 5.74) is 0. The van der Waals surface area contributed by atoms with E-state index in [-0.39, 0.29) is 24.6 Å². The third-order valence-corrected chi connectivity index (χ3v) is 0.492. The predicted octanol–water partition coefficient (Wildman–Crippen LogP) is -2.34. The van der Waals surface area contributed by atoms with Crippen molar-refractivity contribution in [3.63, 3.8) is 0 Å². The monoisotopic (exact) mass is 92.1 g/mol. The summed E-state index contributed by atoms with van der Waals surface area (Å²) in [6, 6.07) is 0. The van der Waals surface area contributed by atoms with Crippen LogP contribution >= 0.6 is 0 Å². The molecule has 0 saturated carbocycles. The zero-order valence-electron chi connectivity index (χ0n) is 5.19. The largest absolute Gasteiger partial charge is 1.00 e. The normalized spacial score (nSPS) is 10.3. The van der Waals surface area contributed by atoms with E-state index in [1.807, 2.05) is 6.92 Å². The minimum atomic E-state index is 0. The van der Waals surface area contributed by atoms with Crippen LogP contribution in [0.4, 0.5) is 0 Å². The summed E-state index contributed by atoms with van der Waals surface area (Å²) in [7, 11) is 0. The molecule has 0 saturated heterocycles. The van der Waals surface area contributed by atoms with Gasteiger partial charge in [0.15, 0.2) is 0 Å². The van der Waals surface area contributed by atoms with Crippen LogP contribution in [0.15, 0.2) is 11.8 Å². The van der Waals surface area contributed by atoms with Crippen molar-refractivity contribution < 1.29 is 24.0 Å². The Kier molecular flexibility index (Phi) is 8.93. The standard InChI is InChI=1S/C5H10O.Li/c1-3-4-5(2)6;/h4,6H,3H2,1-2H3;/q;+1/p-1/b5-4-;. The second-order valence-electron chi connectivity index (χ2n) is 1.22. The number of rotatable bonds is 1. The molecule has 0 N–H and O–H groups in total. The van der Waals surface area contributed by atoms with E-state index in [4.69, 9.17) is 0 Å². The van der Waals surface area contributed by atoms with Gasteiger partial charge in [0, 0.05) is 0 Å². The van der Waals surface area contributed by atoms with Crippen molar-refractivity contribution in [3.8, 4) is 0 Å². The van der Waals surface area contributed by atoms with Gasteiger partial charge in [-0.25, -0.2) is 0 Å². The molecule has 36 valence electrons. The minimum Gasteiger partial charge on any atom is -0.876 e. The molecule has 0 aliphatic rings. The SMILES string of the molecule is CC/C=C(/C)[O-].[Li+]. The van der Waals surface area contributed by atoms with Crippen LogP contribution in [0.1, 0.15) is 20.3 Å². The molecule has 0 aliphatic carbocycles. The average molecular weight is 92.1 g/mol. The first-order valence-corrected chi connectivity index (χ1v) is 2.11. The molecular weight excluding hydrogens is 83.0 g/mol. The summed E-state index contributed by atoms with van der Waals surface area (Å²) in [5.74, 6) is 0.164. The second-order valence-corrected chi connectivity index (χ2v) is 1.22. The Morgan fingerprint density at radius 1 is 1.71 bits per heavy atom. The Hall–Kier alpha value is 0.137. The van der Waals surface area contributed by atoms with E-state index in [1.54, 1.807) is 13.0 Å². The van der Waals surface area contributed by atoms with Gasteiger partial charge in [0.1, 0.15) is 0 Å². The summed E-state index contributed by atoms with van der Waals surface area (Å²) < 4.78 is 0. The Morgan fingerprint density at radius 3 is 2.14 bits per heavy atom. The van der Waals surface area contributed by atoms with Gasteiger partial charge < -0.3 is 5.11 Å². The quantitative estimate of drug-likeness (QED) is 0.263. The molecule has 0 rings (SSSR count). The van der Waals surface area contributed by atoms with Crippen LogP contribution in [0.2, 0.25) is 0 Å². The maximum Gasteiger partial charge on any atom is 1.00 e. The van der Waals surface area contributed by atoms with E-state index < -0.39 is 0 Å². The van der Waals surface area contributed by atoms with Gasteiger partial charge in [-0.2, -0.15) is 0 Å². The summed E-state index contributed by atoms with van der Waals surface area (Å²) in [6.45, 7) is 3.50. The van der Waals surface area contributed by atoms with E-state index in [1.165, 1.54) is 0 Å². The number of hydrogen-bond donors (Lipinski definition) is 0. The first kappa shape index (κ1) is 10.2. The Balaban J connectivity index is 0. The van der Waals surface area contributed by atoms with E-state index in [0.717, 1.165) is 6.42 Å². The van der Waals surface area contributed by atoms with Gasteiger partial charge in [0.05, 0.1) is 0 Å². The molecule has 0 heterocycles. The molecule has 0 radical (unpaired) electrons. The Bertz CT molecular complexity index is 55.1. The smallest absolute Gasteiger partial charge is 0.876 e. The van der Waals surface area contributed by atoms with Crippen molar-refractivity contribution in [2.24, 2.45) is 0 Å². The summed E-state index contributed by atoms with van der Waals surface area (Å²) >= 11 is 0. The van der Waals surface area contributed by atoms with Gasteiger partial charge in [-0.15, -0.1) is 5.76 Å². The molecule has 0 fully saturated rings. The molecule has 0 aromatic carbocycles. The van der Waals surface area contributed by atoms with Gasteiger partial charge in [0.2, 0.25) is 0 Å². The minimum absolute atomic E-state index is 0. The molecule has 0 aliphatic heterocycles. The zero-order valence-corrected chi connectivity index (χ0v) is 5.19. The van der Waals surface area contributed by atoms with Crippen molar-refractivity contribution in [1.29, 1.82) is 0 Å². The van der Waals surface area contributed by atoms with E-state index in [0.29, 0.717) is 0 Å². The fourth-order valence-corrected chi connectivity index (χ4v) is 0.287. The van der Waals surface area contributed by atoms with Gasteiger partial charge in [0.25, 0.3) is 0 Å². The third-order valence-electron chi connectivity index (χ3n) is 0.492. The Labute approximate surface area is 56.6 Å². The van der Waals surface area contributed by atoms with Crippen LogP contribution < -0.4 is 24.0 Å². The number of allylic oxidation sites excluding steroid dienone is 2. The fraction of sp³-hybridized carbons (Fsp3) is 0.600. The van der Waals surface area contributed by atoms with Gasteiger partial charge in [-0.3, -0.25) is 0 Å². The van der Waals surface area contributed by atoms with Crippen LogP contribution in [-0.2, 0) is 0 Å². The number of hydrogen-bond acceptors (Lipinski definition) is 1. The van der Waals surface area contributed by atoms with E-state index >= 15 is 0 Å². The molecule has 0 atom stereocenters. The summed E-state index contributed by atoms with van der Waals surface area (Å²) in [4.78, 5) is 0.